The molecule has 0 aliphatic carbocycles. The number of hydrogen-bond donors (Lipinski definition) is 0. The monoisotopic (exact) mass is 329 g/mol. The van der Waals surface area contributed by atoms with Crippen molar-refractivity contribution in [3.63, 3.8) is 0 Å². The maximum Gasteiger partial charge on any atom is 0.327 e. The number of nitrogens with zero attached hydrogens (tertiary/aromatic N) is 3. The SMILES string of the molecule is CO[C@@H]1C[C@H]2C(=O)N([C@@H]3CC(=O)N(c4ccccc4)C3)C(=O)N2C1. The van der Waals surface area contributed by atoms with Crippen LogP contribution in [0.1, 0.15) is 12.8 Å². The molecule has 3 aliphatic rings. The molecule has 3 atom stereocenters. The zero-order valence-corrected chi connectivity index (χ0v) is 13.4. The number of hydrogen-bond acceptors (Lipinski definition) is 4. The summed E-state index contributed by atoms with van der Waals surface area (Å²) in [4.78, 5) is 42.2. The second-order valence-corrected chi connectivity index (χ2v) is 6.45. The number of carbonyl (C=O) groups excluding carboxylic acids is 3. The highest BCUT2D eigenvalue weighted by Gasteiger charge is 2.54. The minimum Gasteiger partial charge on any atom is -0.380 e. The first-order chi connectivity index (χ1) is 11.6. The molecule has 7 heteroatoms. The van der Waals surface area contributed by atoms with Crippen molar-refractivity contribution in [2.45, 2.75) is 31.0 Å². The molecule has 0 N–H and O–H groups in total. The molecular formula is C17H19N3O4. The summed E-state index contributed by atoms with van der Waals surface area (Å²) in [7, 11) is 1.59. The van der Waals surface area contributed by atoms with Crippen LogP contribution in [0.2, 0.25) is 0 Å². The van der Waals surface area contributed by atoms with Crippen LogP contribution in [0.3, 0.4) is 0 Å². The highest BCUT2D eigenvalue weighted by Crippen LogP contribution is 2.33. The second kappa shape index (κ2) is 5.59. The number of fused-ring (bicyclic) bond motifs is 1. The van der Waals surface area contributed by atoms with Gasteiger partial charge in [0.1, 0.15) is 6.04 Å². The number of rotatable bonds is 3. The Morgan fingerprint density at radius 3 is 2.50 bits per heavy atom. The number of amides is 4. The predicted octanol–water partition coefficient (Wildman–Crippen LogP) is 0.843. The molecule has 1 aromatic carbocycles. The van der Waals surface area contributed by atoms with E-state index in [1.54, 1.807) is 16.9 Å². The summed E-state index contributed by atoms with van der Waals surface area (Å²) >= 11 is 0. The summed E-state index contributed by atoms with van der Waals surface area (Å²) in [6.07, 6.45) is 0.623. The fourth-order valence-corrected chi connectivity index (χ4v) is 3.86. The van der Waals surface area contributed by atoms with Crippen LogP contribution < -0.4 is 4.90 Å². The highest BCUT2D eigenvalue weighted by atomic mass is 16.5. The first kappa shape index (κ1) is 15.1. The van der Waals surface area contributed by atoms with Crippen LogP contribution in [0.15, 0.2) is 30.3 Å². The van der Waals surface area contributed by atoms with Gasteiger partial charge in [-0.15, -0.1) is 0 Å². The lowest BCUT2D eigenvalue weighted by Crippen LogP contribution is -2.44. The Morgan fingerprint density at radius 1 is 1.08 bits per heavy atom. The topological polar surface area (TPSA) is 70.2 Å². The number of urea groups is 1. The molecular weight excluding hydrogens is 310 g/mol. The molecule has 24 heavy (non-hydrogen) atoms. The van der Waals surface area contributed by atoms with E-state index in [0.29, 0.717) is 19.5 Å². The van der Waals surface area contributed by atoms with Gasteiger partial charge in [-0.3, -0.25) is 14.5 Å². The average Bonchev–Trinajstić information content (AvgIpc) is 3.24. The zero-order chi connectivity index (χ0) is 16.8. The molecule has 4 amide bonds. The van der Waals surface area contributed by atoms with Crippen LogP contribution in [0.25, 0.3) is 0 Å². The van der Waals surface area contributed by atoms with E-state index in [9.17, 15) is 14.4 Å². The van der Waals surface area contributed by atoms with Gasteiger partial charge >= 0.3 is 6.03 Å². The van der Waals surface area contributed by atoms with E-state index in [1.165, 1.54) is 4.90 Å². The van der Waals surface area contributed by atoms with E-state index in [2.05, 4.69) is 0 Å². The van der Waals surface area contributed by atoms with E-state index < -0.39 is 12.1 Å². The molecule has 0 saturated carbocycles. The molecule has 3 aliphatic heterocycles. The number of anilines is 1. The van der Waals surface area contributed by atoms with Crippen molar-refractivity contribution < 1.29 is 19.1 Å². The van der Waals surface area contributed by atoms with Crippen molar-refractivity contribution in [2.24, 2.45) is 0 Å². The van der Waals surface area contributed by atoms with Gasteiger partial charge in [0, 0.05) is 38.7 Å². The van der Waals surface area contributed by atoms with Crippen molar-refractivity contribution in [3.8, 4) is 0 Å². The Hall–Kier alpha value is -2.41. The van der Waals surface area contributed by atoms with Crippen molar-refractivity contribution >= 4 is 23.5 Å². The Kier molecular flexibility index (Phi) is 3.53. The van der Waals surface area contributed by atoms with Crippen molar-refractivity contribution in [3.05, 3.63) is 30.3 Å². The number of benzene rings is 1. The maximum atomic E-state index is 12.7. The first-order valence-corrected chi connectivity index (χ1v) is 8.12. The van der Waals surface area contributed by atoms with Gasteiger partial charge in [0.25, 0.3) is 5.91 Å². The van der Waals surface area contributed by atoms with Gasteiger partial charge in [-0.2, -0.15) is 0 Å². The average molecular weight is 329 g/mol. The lowest BCUT2D eigenvalue weighted by Gasteiger charge is -2.23. The van der Waals surface area contributed by atoms with Crippen LogP contribution in [0.5, 0.6) is 0 Å². The standard InChI is InChI=1S/C17H19N3O4/c1-24-13-8-14-16(22)20(17(23)19(14)10-13)12-7-15(21)18(9-12)11-5-3-2-4-6-11/h2-6,12-14H,7-10H2,1H3/t12-,13-,14+/m1/s1. The van der Waals surface area contributed by atoms with E-state index >= 15 is 0 Å². The molecule has 7 nitrogen and oxygen atoms in total. The summed E-state index contributed by atoms with van der Waals surface area (Å²) < 4.78 is 5.27. The van der Waals surface area contributed by atoms with Crippen LogP contribution in [-0.4, -0.2) is 66.0 Å². The van der Waals surface area contributed by atoms with Crippen molar-refractivity contribution in [2.75, 3.05) is 25.1 Å². The molecule has 3 saturated heterocycles. The third kappa shape index (κ3) is 2.19. The van der Waals surface area contributed by atoms with Crippen LogP contribution in [0.4, 0.5) is 10.5 Å². The smallest absolute Gasteiger partial charge is 0.327 e. The van der Waals surface area contributed by atoms with Gasteiger partial charge in [0.05, 0.1) is 12.1 Å². The summed E-state index contributed by atoms with van der Waals surface area (Å²) in [5.41, 5.74) is 0.795. The minimum absolute atomic E-state index is 0.0615. The summed E-state index contributed by atoms with van der Waals surface area (Å²) in [5.74, 6) is -0.263. The largest absolute Gasteiger partial charge is 0.380 e. The molecule has 126 valence electrons. The van der Waals surface area contributed by atoms with Gasteiger partial charge in [0.2, 0.25) is 5.91 Å². The van der Waals surface area contributed by atoms with E-state index in [1.807, 2.05) is 30.3 Å². The minimum atomic E-state index is -0.441. The number of imide groups is 1. The third-order valence-corrected chi connectivity index (χ3v) is 5.11. The number of carbonyl (C=O) groups is 3. The lowest BCUT2D eigenvalue weighted by molar-refractivity contribution is -0.129. The summed E-state index contributed by atoms with van der Waals surface area (Å²) in [6.45, 7) is 0.792. The zero-order valence-electron chi connectivity index (χ0n) is 13.4. The van der Waals surface area contributed by atoms with Crippen LogP contribution in [-0.2, 0) is 14.3 Å². The van der Waals surface area contributed by atoms with Crippen molar-refractivity contribution in [1.82, 2.24) is 9.80 Å². The predicted molar refractivity (Wildman–Crippen MR) is 85.4 cm³/mol. The molecule has 4 rings (SSSR count). The maximum absolute atomic E-state index is 12.7. The number of ether oxygens (including phenoxy) is 1. The van der Waals surface area contributed by atoms with E-state index in [4.69, 9.17) is 4.74 Å². The number of para-hydroxylation sites is 1. The molecule has 1 aromatic rings. The fraction of sp³-hybridized carbons (Fsp3) is 0.471. The van der Waals surface area contributed by atoms with Crippen molar-refractivity contribution in [1.29, 1.82) is 0 Å². The molecule has 0 unspecified atom stereocenters. The lowest BCUT2D eigenvalue weighted by atomic mass is 10.1. The van der Waals surface area contributed by atoms with Gasteiger partial charge in [-0.1, -0.05) is 18.2 Å². The first-order valence-electron chi connectivity index (χ1n) is 8.12. The molecule has 0 radical (unpaired) electrons. The van der Waals surface area contributed by atoms with E-state index in [0.717, 1.165) is 5.69 Å². The highest BCUT2D eigenvalue weighted by molar-refractivity contribution is 6.06. The Balaban J connectivity index is 1.53. The normalized spacial score (nSPS) is 29.8. The molecule has 0 spiro atoms. The van der Waals surface area contributed by atoms with Gasteiger partial charge in [-0.05, 0) is 12.1 Å². The van der Waals surface area contributed by atoms with Crippen LogP contribution >= 0.6 is 0 Å². The molecule has 0 bridgehead atoms. The van der Waals surface area contributed by atoms with Crippen LogP contribution in [0, 0.1) is 0 Å². The van der Waals surface area contributed by atoms with Gasteiger partial charge in [-0.25, -0.2) is 4.79 Å². The molecule has 3 heterocycles. The third-order valence-electron chi connectivity index (χ3n) is 5.11. The quantitative estimate of drug-likeness (QED) is 0.771. The summed E-state index contributed by atoms with van der Waals surface area (Å²) in [6, 6.07) is 8.19. The van der Waals surface area contributed by atoms with Gasteiger partial charge in [0.15, 0.2) is 0 Å². The Labute approximate surface area is 139 Å². The van der Waals surface area contributed by atoms with E-state index in [-0.39, 0.29) is 30.4 Å². The Bertz CT molecular complexity index is 668. The van der Waals surface area contributed by atoms with Gasteiger partial charge < -0.3 is 14.5 Å². The second-order valence-electron chi connectivity index (χ2n) is 6.45. The Morgan fingerprint density at radius 2 is 1.83 bits per heavy atom. The molecule has 0 aromatic heterocycles. The number of methoxy groups -OCH3 is 1. The molecule has 3 fully saturated rings. The fourth-order valence-electron chi connectivity index (χ4n) is 3.86. The summed E-state index contributed by atoms with van der Waals surface area (Å²) in [5, 5.41) is 0.